The van der Waals surface area contributed by atoms with Crippen LogP contribution in [0.15, 0.2) is 71.7 Å². The Kier molecular flexibility index (Phi) is 8.76. The van der Waals surface area contributed by atoms with Gasteiger partial charge in [-0.05, 0) is 54.3 Å². The summed E-state index contributed by atoms with van der Waals surface area (Å²) in [5.41, 5.74) is 2.92. The number of carbonyl (C=O) groups is 2. The fourth-order valence-corrected chi connectivity index (χ4v) is 4.36. The van der Waals surface area contributed by atoms with Gasteiger partial charge in [0.1, 0.15) is 5.70 Å². The van der Waals surface area contributed by atoms with Crippen LogP contribution in [0.1, 0.15) is 26.4 Å². The summed E-state index contributed by atoms with van der Waals surface area (Å²) in [5, 5.41) is 8.32. The number of hydrogen-bond acceptors (Lipinski definition) is 4. The molecule has 31 heavy (non-hydrogen) atoms. The lowest BCUT2D eigenvalue weighted by Gasteiger charge is -2.11. The van der Waals surface area contributed by atoms with E-state index in [-0.39, 0.29) is 17.5 Å². The third-order valence-corrected chi connectivity index (χ3v) is 6.42. The van der Waals surface area contributed by atoms with E-state index in [2.05, 4.69) is 10.6 Å². The highest BCUT2D eigenvalue weighted by Gasteiger charge is 2.15. The Bertz CT molecular complexity index is 1050. The van der Waals surface area contributed by atoms with Gasteiger partial charge in [0.25, 0.3) is 11.8 Å². The molecule has 0 aliphatic rings. The molecule has 0 saturated carbocycles. The van der Waals surface area contributed by atoms with Crippen LogP contribution in [0, 0.1) is 6.92 Å². The van der Waals surface area contributed by atoms with Crippen molar-refractivity contribution in [3.63, 3.8) is 0 Å². The van der Waals surface area contributed by atoms with E-state index in [1.54, 1.807) is 30.0 Å². The lowest BCUT2D eigenvalue weighted by atomic mass is 10.1. The first-order valence-corrected chi connectivity index (χ1v) is 12.2. The van der Waals surface area contributed by atoms with Crippen molar-refractivity contribution >= 4 is 52.6 Å². The molecule has 0 unspecified atom stereocenters. The first-order valence-electron chi connectivity index (χ1n) is 9.75. The van der Waals surface area contributed by atoms with E-state index in [0.29, 0.717) is 12.1 Å². The van der Waals surface area contributed by atoms with Gasteiger partial charge in [-0.25, -0.2) is 0 Å². The molecule has 0 atom stereocenters. The number of amides is 2. The summed E-state index contributed by atoms with van der Waals surface area (Å²) in [4.78, 5) is 26.3. The molecule has 2 aromatic carbocycles. The molecular formula is C24H23ClN2O2S2. The molecule has 2 amide bonds. The molecule has 0 aliphatic carbocycles. The van der Waals surface area contributed by atoms with Crippen molar-refractivity contribution < 1.29 is 9.59 Å². The summed E-state index contributed by atoms with van der Waals surface area (Å²) in [7, 11) is 0. The second-order valence-corrected chi connectivity index (χ2v) is 9.35. The molecular weight excluding hydrogens is 448 g/mol. The van der Waals surface area contributed by atoms with Gasteiger partial charge in [0.2, 0.25) is 0 Å². The Morgan fingerprint density at radius 2 is 1.90 bits per heavy atom. The average Bonchev–Trinajstić information content (AvgIpc) is 3.27. The zero-order valence-electron chi connectivity index (χ0n) is 17.1. The molecule has 0 aliphatic heterocycles. The predicted molar refractivity (Wildman–Crippen MR) is 132 cm³/mol. The third-order valence-electron chi connectivity index (χ3n) is 4.32. The molecule has 0 spiro atoms. The topological polar surface area (TPSA) is 58.2 Å². The van der Waals surface area contributed by atoms with Gasteiger partial charge in [-0.15, -0.1) is 11.3 Å². The van der Waals surface area contributed by atoms with Crippen molar-refractivity contribution in [2.45, 2.75) is 12.7 Å². The molecule has 7 heteroatoms. The second kappa shape index (κ2) is 11.7. The van der Waals surface area contributed by atoms with Crippen molar-refractivity contribution in [1.82, 2.24) is 10.6 Å². The highest BCUT2D eigenvalue weighted by atomic mass is 35.5. The normalized spacial score (nSPS) is 11.2. The standard InChI is InChI=1S/C24H23ClN2O2S2/c1-17-4-2-5-19(14-17)23(28)27-22(15-21-6-3-12-31-21)24(29)26-11-13-30-16-18-7-9-20(25)10-8-18/h2-10,12,14-15H,11,13,16H2,1H3,(H,26,29)(H,27,28)/b22-15-. The number of nitrogens with one attached hydrogen (secondary N) is 2. The van der Waals surface area contributed by atoms with E-state index in [9.17, 15) is 9.59 Å². The Labute approximate surface area is 195 Å². The van der Waals surface area contributed by atoms with Crippen LogP contribution in [0.5, 0.6) is 0 Å². The number of benzene rings is 2. The molecule has 0 radical (unpaired) electrons. The second-order valence-electron chi connectivity index (χ2n) is 6.83. The highest BCUT2D eigenvalue weighted by molar-refractivity contribution is 7.98. The van der Waals surface area contributed by atoms with Crippen molar-refractivity contribution in [2.24, 2.45) is 0 Å². The van der Waals surface area contributed by atoms with Gasteiger partial charge in [-0.2, -0.15) is 11.8 Å². The van der Waals surface area contributed by atoms with Gasteiger partial charge >= 0.3 is 0 Å². The summed E-state index contributed by atoms with van der Waals surface area (Å²) in [6, 6.07) is 18.8. The van der Waals surface area contributed by atoms with Gasteiger partial charge in [-0.1, -0.05) is 47.5 Å². The predicted octanol–water partition coefficient (Wildman–Crippen LogP) is 5.53. The quantitative estimate of drug-likeness (QED) is 0.319. The zero-order chi connectivity index (χ0) is 22.1. The molecule has 0 saturated heterocycles. The van der Waals surface area contributed by atoms with Gasteiger partial charge in [0.05, 0.1) is 0 Å². The molecule has 160 valence electrons. The lowest BCUT2D eigenvalue weighted by molar-refractivity contribution is -0.117. The minimum Gasteiger partial charge on any atom is -0.350 e. The molecule has 4 nitrogen and oxygen atoms in total. The fourth-order valence-electron chi connectivity index (χ4n) is 2.76. The van der Waals surface area contributed by atoms with Crippen LogP contribution in [-0.4, -0.2) is 24.1 Å². The molecule has 0 bridgehead atoms. The van der Waals surface area contributed by atoms with Crippen LogP contribution < -0.4 is 10.6 Å². The van der Waals surface area contributed by atoms with Gasteiger partial charge in [0, 0.05) is 33.5 Å². The average molecular weight is 471 g/mol. The van der Waals surface area contributed by atoms with Crippen LogP contribution in [0.2, 0.25) is 5.02 Å². The monoisotopic (exact) mass is 470 g/mol. The summed E-state index contributed by atoms with van der Waals surface area (Å²) in [5.74, 6) is 0.988. The van der Waals surface area contributed by atoms with E-state index in [0.717, 1.165) is 27.0 Å². The van der Waals surface area contributed by atoms with Crippen LogP contribution in [0.4, 0.5) is 0 Å². The Morgan fingerprint density at radius 1 is 1.10 bits per heavy atom. The van der Waals surface area contributed by atoms with Crippen molar-refractivity contribution in [1.29, 1.82) is 0 Å². The van der Waals surface area contributed by atoms with Crippen LogP contribution in [0.25, 0.3) is 6.08 Å². The number of rotatable bonds is 9. The number of thioether (sulfide) groups is 1. The molecule has 1 aromatic heterocycles. The maximum Gasteiger partial charge on any atom is 0.267 e. The molecule has 2 N–H and O–H groups in total. The van der Waals surface area contributed by atoms with Gasteiger partial charge < -0.3 is 10.6 Å². The SMILES string of the molecule is Cc1cccc(C(=O)N/C(=C\c2cccs2)C(=O)NCCSCc2ccc(Cl)cc2)c1. The summed E-state index contributed by atoms with van der Waals surface area (Å²) in [6.07, 6.45) is 1.70. The number of aryl methyl sites for hydroxylation is 1. The minimum atomic E-state index is -0.307. The molecule has 0 fully saturated rings. The number of halogens is 1. The van der Waals surface area contributed by atoms with Crippen molar-refractivity contribution in [3.05, 3.63) is 98.3 Å². The Morgan fingerprint density at radius 3 is 2.61 bits per heavy atom. The maximum atomic E-state index is 12.8. The zero-order valence-corrected chi connectivity index (χ0v) is 19.4. The van der Waals surface area contributed by atoms with Gasteiger partial charge in [-0.3, -0.25) is 9.59 Å². The van der Waals surface area contributed by atoms with Crippen LogP contribution >= 0.6 is 34.7 Å². The molecule has 3 rings (SSSR count). The first kappa shape index (κ1) is 23.1. The molecule has 3 aromatic rings. The summed E-state index contributed by atoms with van der Waals surface area (Å²) >= 11 is 9.13. The third kappa shape index (κ3) is 7.58. The van der Waals surface area contributed by atoms with Crippen LogP contribution in [-0.2, 0) is 10.5 Å². The van der Waals surface area contributed by atoms with Crippen LogP contribution in [0.3, 0.4) is 0 Å². The van der Waals surface area contributed by atoms with E-state index in [4.69, 9.17) is 11.6 Å². The van der Waals surface area contributed by atoms with Crippen molar-refractivity contribution in [2.75, 3.05) is 12.3 Å². The van der Waals surface area contributed by atoms with Crippen molar-refractivity contribution in [3.8, 4) is 0 Å². The maximum absolute atomic E-state index is 12.8. The minimum absolute atomic E-state index is 0.233. The fraction of sp³-hybridized carbons (Fsp3) is 0.167. The number of carbonyl (C=O) groups excluding carboxylic acids is 2. The highest BCUT2D eigenvalue weighted by Crippen LogP contribution is 2.16. The van der Waals surface area contributed by atoms with E-state index in [1.165, 1.54) is 16.9 Å². The number of thiophene rings is 1. The largest absolute Gasteiger partial charge is 0.350 e. The smallest absolute Gasteiger partial charge is 0.267 e. The van der Waals surface area contributed by atoms with Gasteiger partial charge in [0.15, 0.2) is 0 Å². The summed E-state index contributed by atoms with van der Waals surface area (Å²) < 4.78 is 0. The van der Waals surface area contributed by atoms with E-state index in [1.807, 2.05) is 60.8 Å². The first-order chi connectivity index (χ1) is 15.0. The lowest BCUT2D eigenvalue weighted by Crippen LogP contribution is -2.35. The van der Waals surface area contributed by atoms with E-state index < -0.39 is 0 Å². The van der Waals surface area contributed by atoms with E-state index >= 15 is 0 Å². The number of hydrogen-bond donors (Lipinski definition) is 2. The summed E-state index contributed by atoms with van der Waals surface area (Å²) in [6.45, 7) is 2.42. The molecule has 1 heterocycles. The Hall–Kier alpha value is -2.54. The Balaban J connectivity index is 1.56.